The summed E-state index contributed by atoms with van der Waals surface area (Å²) in [5.74, 6) is 1.44. The van der Waals surface area contributed by atoms with Crippen molar-refractivity contribution in [2.75, 3.05) is 76.4 Å². The van der Waals surface area contributed by atoms with Crippen molar-refractivity contribution in [3.63, 3.8) is 0 Å². The number of carbonyl (C=O) groups excluding carboxylic acids is 2. The zero-order valence-corrected chi connectivity index (χ0v) is 26.3. The summed E-state index contributed by atoms with van der Waals surface area (Å²) in [4.78, 5) is 30.9. The van der Waals surface area contributed by atoms with Crippen molar-refractivity contribution in [1.82, 2.24) is 15.5 Å². The zero-order chi connectivity index (χ0) is 30.4. The van der Waals surface area contributed by atoms with Crippen molar-refractivity contribution in [3.8, 4) is 5.75 Å². The summed E-state index contributed by atoms with van der Waals surface area (Å²) in [6, 6.07) is 15.1. The number of benzene rings is 2. The van der Waals surface area contributed by atoms with Gasteiger partial charge in [-0.05, 0) is 79.6 Å². The predicted molar refractivity (Wildman–Crippen MR) is 173 cm³/mol. The molecule has 0 unspecified atom stereocenters. The predicted octanol–water partition coefficient (Wildman–Crippen LogP) is 4.40. The van der Waals surface area contributed by atoms with E-state index in [2.05, 4.69) is 39.6 Å². The van der Waals surface area contributed by atoms with Crippen LogP contribution in [0.4, 0.5) is 11.4 Å². The first-order chi connectivity index (χ1) is 20.9. The van der Waals surface area contributed by atoms with E-state index < -0.39 is 6.04 Å². The monoisotopic (exact) mass is 593 g/mol. The molecule has 1 aliphatic heterocycles. The number of piperazine rings is 1. The number of hydrogen-bond acceptors (Lipinski definition) is 7. The van der Waals surface area contributed by atoms with Crippen LogP contribution in [0.15, 0.2) is 48.5 Å². The van der Waals surface area contributed by atoms with Gasteiger partial charge in [0, 0.05) is 69.9 Å². The molecule has 0 spiro atoms. The van der Waals surface area contributed by atoms with E-state index in [4.69, 9.17) is 9.47 Å². The Hall–Kier alpha value is -3.30. The van der Waals surface area contributed by atoms with E-state index in [1.54, 1.807) is 7.11 Å². The normalized spacial score (nSPS) is 16.7. The number of nitrogens with zero attached hydrogens (tertiary/aromatic N) is 2. The van der Waals surface area contributed by atoms with Gasteiger partial charge in [-0.15, -0.1) is 0 Å². The van der Waals surface area contributed by atoms with E-state index in [9.17, 15) is 9.59 Å². The van der Waals surface area contributed by atoms with Gasteiger partial charge in [-0.3, -0.25) is 14.5 Å². The number of hydrogen-bond donors (Lipinski definition) is 3. The molecule has 2 amide bonds. The smallest absolute Gasteiger partial charge is 0.251 e. The van der Waals surface area contributed by atoms with E-state index >= 15 is 0 Å². The molecular formula is C34H51N5O4. The van der Waals surface area contributed by atoms with Crippen LogP contribution >= 0.6 is 0 Å². The molecule has 2 fully saturated rings. The molecule has 43 heavy (non-hydrogen) atoms. The summed E-state index contributed by atoms with van der Waals surface area (Å²) >= 11 is 0. The maximum Gasteiger partial charge on any atom is 0.251 e. The molecule has 236 valence electrons. The average Bonchev–Trinajstić information content (AvgIpc) is 3.55. The van der Waals surface area contributed by atoms with Gasteiger partial charge in [-0.25, -0.2) is 0 Å². The van der Waals surface area contributed by atoms with Gasteiger partial charge in [0.15, 0.2) is 0 Å². The fourth-order valence-corrected chi connectivity index (χ4v) is 5.79. The Bertz CT molecular complexity index is 1110. The van der Waals surface area contributed by atoms with Gasteiger partial charge < -0.3 is 30.3 Å². The van der Waals surface area contributed by atoms with Crippen LogP contribution in [0.25, 0.3) is 0 Å². The molecule has 2 aromatic carbocycles. The quantitative estimate of drug-likeness (QED) is 0.249. The van der Waals surface area contributed by atoms with E-state index in [1.807, 2.05) is 48.5 Å². The summed E-state index contributed by atoms with van der Waals surface area (Å²) in [6.45, 7) is 11.5. The molecular weight excluding hydrogens is 542 g/mol. The van der Waals surface area contributed by atoms with Crippen LogP contribution in [0, 0.1) is 11.8 Å². The Morgan fingerprint density at radius 1 is 0.930 bits per heavy atom. The number of nitrogens with one attached hydrogen (secondary N) is 3. The number of rotatable bonds is 16. The van der Waals surface area contributed by atoms with Crippen molar-refractivity contribution < 1.29 is 19.1 Å². The van der Waals surface area contributed by atoms with Crippen molar-refractivity contribution >= 4 is 23.2 Å². The maximum absolute atomic E-state index is 13.1. The summed E-state index contributed by atoms with van der Waals surface area (Å²) < 4.78 is 11.1. The van der Waals surface area contributed by atoms with Gasteiger partial charge in [0.2, 0.25) is 5.91 Å². The number of amides is 2. The maximum atomic E-state index is 13.1. The Morgan fingerprint density at radius 3 is 2.28 bits per heavy atom. The lowest BCUT2D eigenvalue weighted by Gasteiger charge is -2.36. The molecule has 4 rings (SSSR count). The molecule has 1 atom stereocenters. The largest absolute Gasteiger partial charge is 0.493 e. The lowest BCUT2D eigenvalue weighted by atomic mass is 10.0. The van der Waals surface area contributed by atoms with E-state index in [-0.39, 0.29) is 17.7 Å². The molecule has 1 aliphatic carbocycles. The van der Waals surface area contributed by atoms with Crippen LogP contribution in [0.3, 0.4) is 0 Å². The molecule has 0 aromatic heterocycles. The zero-order valence-electron chi connectivity index (χ0n) is 26.3. The minimum Gasteiger partial charge on any atom is -0.493 e. The van der Waals surface area contributed by atoms with E-state index in [0.29, 0.717) is 31.0 Å². The van der Waals surface area contributed by atoms with Gasteiger partial charge in [0.1, 0.15) is 11.8 Å². The molecule has 9 heteroatoms. The van der Waals surface area contributed by atoms with Crippen LogP contribution in [-0.4, -0.2) is 88.9 Å². The van der Waals surface area contributed by atoms with Crippen LogP contribution in [0.2, 0.25) is 0 Å². The van der Waals surface area contributed by atoms with E-state index in [1.165, 1.54) is 25.7 Å². The molecule has 0 bridgehead atoms. The topological polar surface area (TPSA) is 95.2 Å². The first-order valence-corrected chi connectivity index (χ1v) is 16.0. The van der Waals surface area contributed by atoms with Crippen molar-refractivity contribution in [1.29, 1.82) is 0 Å². The second kappa shape index (κ2) is 17.1. The fourth-order valence-electron chi connectivity index (χ4n) is 5.79. The highest BCUT2D eigenvalue weighted by atomic mass is 16.5. The lowest BCUT2D eigenvalue weighted by Crippen LogP contribution is -2.48. The Morgan fingerprint density at radius 2 is 1.63 bits per heavy atom. The lowest BCUT2D eigenvalue weighted by molar-refractivity contribution is -0.123. The third-order valence-corrected chi connectivity index (χ3v) is 8.38. The van der Waals surface area contributed by atoms with Crippen LogP contribution in [-0.2, 0) is 9.53 Å². The number of methoxy groups -OCH3 is 1. The number of ether oxygens (including phenoxy) is 2. The molecule has 0 radical (unpaired) electrons. The second-order valence-electron chi connectivity index (χ2n) is 12.2. The first-order valence-electron chi connectivity index (χ1n) is 16.0. The SMILES string of the molecule is COCCN1CCN(c2ccc(C(=O)N[C@@H](CC(C)C)C(=O)NCCNc3ccc(OCC4CCCC4)cc3)cc2)CC1. The molecule has 1 saturated heterocycles. The molecule has 2 aliphatic rings. The number of carbonyl (C=O) groups is 2. The Balaban J connectivity index is 1.19. The van der Waals surface area contributed by atoms with Gasteiger partial charge in [0.25, 0.3) is 5.91 Å². The highest BCUT2D eigenvalue weighted by Crippen LogP contribution is 2.26. The molecule has 9 nitrogen and oxygen atoms in total. The fraction of sp³-hybridized carbons (Fsp3) is 0.588. The minimum absolute atomic E-state index is 0.164. The summed E-state index contributed by atoms with van der Waals surface area (Å²) in [5.41, 5.74) is 2.64. The molecule has 3 N–H and O–H groups in total. The number of anilines is 2. The molecule has 1 saturated carbocycles. The van der Waals surface area contributed by atoms with Gasteiger partial charge in [0.05, 0.1) is 13.2 Å². The van der Waals surface area contributed by atoms with Crippen LogP contribution in [0.1, 0.15) is 56.3 Å². The highest BCUT2D eigenvalue weighted by Gasteiger charge is 2.23. The van der Waals surface area contributed by atoms with Crippen molar-refractivity contribution in [3.05, 3.63) is 54.1 Å². The second-order valence-corrected chi connectivity index (χ2v) is 12.2. The Labute approximate surface area is 257 Å². The van der Waals surface area contributed by atoms with Crippen LogP contribution < -0.4 is 25.6 Å². The Kier molecular flexibility index (Phi) is 13.0. The minimum atomic E-state index is -0.594. The van der Waals surface area contributed by atoms with Gasteiger partial charge >= 0.3 is 0 Å². The molecule has 1 heterocycles. The first kappa shape index (κ1) is 32.6. The summed E-state index contributed by atoms with van der Waals surface area (Å²) in [7, 11) is 1.73. The third-order valence-electron chi connectivity index (χ3n) is 8.38. The summed E-state index contributed by atoms with van der Waals surface area (Å²) in [5, 5.41) is 9.30. The standard InChI is InChI=1S/C34H51N5O4/c1-26(2)24-32(34(41)36-17-16-35-29-10-14-31(15-11-29)43-25-27-6-4-5-7-27)37-33(40)28-8-12-30(13-9-28)39-20-18-38(19-21-39)22-23-42-3/h8-15,26-27,32,35H,4-7,16-25H2,1-3H3,(H,36,41)(H,37,40)/t32-/m0/s1. The van der Waals surface area contributed by atoms with Crippen LogP contribution in [0.5, 0.6) is 5.75 Å². The van der Waals surface area contributed by atoms with E-state index in [0.717, 1.165) is 63.1 Å². The third kappa shape index (κ3) is 10.7. The van der Waals surface area contributed by atoms with Crippen molar-refractivity contribution in [2.24, 2.45) is 11.8 Å². The average molecular weight is 594 g/mol. The highest BCUT2D eigenvalue weighted by molar-refractivity contribution is 5.97. The summed E-state index contributed by atoms with van der Waals surface area (Å²) in [6.07, 6.45) is 5.75. The molecule has 2 aromatic rings. The van der Waals surface area contributed by atoms with Gasteiger partial charge in [-0.1, -0.05) is 26.7 Å². The van der Waals surface area contributed by atoms with Crippen molar-refractivity contribution in [2.45, 2.75) is 52.0 Å². The van der Waals surface area contributed by atoms with Gasteiger partial charge in [-0.2, -0.15) is 0 Å².